The summed E-state index contributed by atoms with van der Waals surface area (Å²) in [5.41, 5.74) is 0.709. The van der Waals surface area contributed by atoms with Crippen LogP contribution in [0.2, 0.25) is 0 Å². The molecule has 0 aliphatic carbocycles. The monoisotopic (exact) mass is 268 g/mol. The molecule has 2 heterocycles. The van der Waals surface area contributed by atoms with Gasteiger partial charge in [-0.1, -0.05) is 12.1 Å². The van der Waals surface area contributed by atoms with E-state index in [9.17, 15) is 9.59 Å². The second-order valence-electron chi connectivity index (χ2n) is 4.50. The third-order valence-electron chi connectivity index (χ3n) is 3.38. The topological polar surface area (TPSA) is 72.2 Å². The second-order valence-corrected chi connectivity index (χ2v) is 4.50. The van der Waals surface area contributed by atoms with E-state index in [0.29, 0.717) is 23.0 Å². The zero-order valence-electron chi connectivity index (χ0n) is 10.8. The summed E-state index contributed by atoms with van der Waals surface area (Å²) in [6.45, 7) is 2.46. The van der Waals surface area contributed by atoms with Crippen LogP contribution >= 0.6 is 0 Å². The molecule has 0 fully saturated rings. The van der Waals surface area contributed by atoms with Crippen molar-refractivity contribution in [2.75, 3.05) is 0 Å². The van der Waals surface area contributed by atoms with E-state index in [2.05, 4.69) is 4.98 Å². The Hall–Kier alpha value is -2.69. The van der Waals surface area contributed by atoms with Crippen LogP contribution in [0.5, 0.6) is 0 Å². The van der Waals surface area contributed by atoms with Crippen molar-refractivity contribution >= 4 is 27.8 Å². The van der Waals surface area contributed by atoms with Crippen molar-refractivity contribution in [3.8, 4) is 0 Å². The maximum Gasteiger partial charge on any atom is 0.341 e. The molecule has 0 unspecified atom stereocenters. The quantitative estimate of drug-likeness (QED) is 0.724. The normalized spacial score (nSPS) is 11.1. The molecular formula is C15H12N2O3. The van der Waals surface area contributed by atoms with Gasteiger partial charge in [-0.3, -0.25) is 9.78 Å². The predicted molar refractivity (Wildman–Crippen MR) is 76.1 cm³/mol. The highest BCUT2D eigenvalue weighted by molar-refractivity contribution is 6.04. The smallest absolute Gasteiger partial charge is 0.341 e. The molecule has 5 heteroatoms. The Morgan fingerprint density at radius 2 is 2.15 bits per heavy atom. The Morgan fingerprint density at radius 3 is 2.85 bits per heavy atom. The van der Waals surface area contributed by atoms with E-state index in [0.717, 1.165) is 5.39 Å². The molecular weight excluding hydrogens is 256 g/mol. The lowest BCUT2D eigenvalue weighted by atomic mass is 10.1. The Labute approximate surface area is 114 Å². The van der Waals surface area contributed by atoms with Gasteiger partial charge >= 0.3 is 5.97 Å². The number of carboxylic acid groups (broad SMARTS) is 1. The summed E-state index contributed by atoms with van der Waals surface area (Å²) >= 11 is 0. The van der Waals surface area contributed by atoms with Crippen LogP contribution in [0.3, 0.4) is 0 Å². The van der Waals surface area contributed by atoms with E-state index in [1.54, 1.807) is 22.9 Å². The van der Waals surface area contributed by atoms with E-state index < -0.39 is 11.4 Å². The average molecular weight is 268 g/mol. The summed E-state index contributed by atoms with van der Waals surface area (Å²) < 4.78 is 1.76. The first-order valence-corrected chi connectivity index (χ1v) is 6.27. The minimum absolute atomic E-state index is 0.213. The van der Waals surface area contributed by atoms with Crippen LogP contribution in [0.1, 0.15) is 17.3 Å². The van der Waals surface area contributed by atoms with Crippen molar-refractivity contribution in [1.29, 1.82) is 0 Å². The van der Waals surface area contributed by atoms with Gasteiger partial charge in [-0.05, 0) is 19.1 Å². The largest absolute Gasteiger partial charge is 0.477 e. The van der Waals surface area contributed by atoms with E-state index >= 15 is 0 Å². The fourth-order valence-corrected chi connectivity index (χ4v) is 2.43. The number of aryl methyl sites for hydroxylation is 1. The fourth-order valence-electron chi connectivity index (χ4n) is 2.43. The Kier molecular flexibility index (Phi) is 2.75. The van der Waals surface area contributed by atoms with Gasteiger partial charge in [0, 0.05) is 29.7 Å². The highest BCUT2D eigenvalue weighted by atomic mass is 16.4. The van der Waals surface area contributed by atoms with Crippen LogP contribution < -0.4 is 5.43 Å². The molecule has 0 amide bonds. The molecule has 1 aromatic carbocycles. The second kappa shape index (κ2) is 4.45. The van der Waals surface area contributed by atoms with Crippen molar-refractivity contribution in [2.24, 2.45) is 0 Å². The van der Waals surface area contributed by atoms with E-state index in [-0.39, 0.29) is 5.56 Å². The highest BCUT2D eigenvalue weighted by Gasteiger charge is 2.15. The number of carbonyl (C=O) groups is 1. The molecule has 0 bridgehead atoms. The summed E-state index contributed by atoms with van der Waals surface area (Å²) in [7, 11) is 0. The van der Waals surface area contributed by atoms with Crippen LogP contribution in [-0.4, -0.2) is 20.6 Å². The van der Waals surface area contributed by atoms with Crippen molar-refractivity contribution in [3.63, 3.8) is 0 Å². The first-order valence-electron chi connectivity index (χ1n) is 6.27. The van der Waals surface area contributed by atoms with Crippen molar-refractivity contribution in [3.05, 3.63) is 52.4 Å². The average Bonchev–Trinajstić information content (AvgIpc) is 2.47. The molecule has 0 aliphatic rings. The van der Waals surface area contributed by atoms with Crippen LogP contribution in [0, 0.1) is 0 Å². The van der Waals surface area contributed by atoms with Crippen LogP contribution in [0.15, 0.2) is 41.5 Å². The molecule has 0 saturated carbocycles. The van der Waals surface area contributed by atoms with Gasteiger partial charge in [0.1, 0.15) is 5.56 Å². The standard InChI is InChI=1S/C15H12N2O3/c1-2-17-8-11(15(19)20)14(18)10-6-5-9-4-3-7-16-12(9)13(10)17/h3-8H,2H2,1H3,(H,19,20). The maximum absolute atomic E-state index is 12.3. The number of fused-ring (bicyclic) bond motifs is 3. The number of aromatic nitrogens is 2. The lowest BCUT2D eigenvalue weighted by Gasteiger charge is -2.11. The third-order valence-corrected chi connectivity index (χ3v) is 3.38. The number of carboxylic acids is 1. The fraction of sp³-hybridized carbons (Fsp3) is 0.133. The van der Waals surface area contributed by atoms with Gasteiger partial charge in [-0.2, -0.15) is 0 Å². The lowest BCUT2D eigenvalue weighted by Crippen LogP contribution is -2.18. The molecule has 5 nitrogen and oxygen atoms in total. The van der Waals surface area contributed by atoms with Gasteiger partial charge in [-0.25, -0.2) is 4.79 Å². The lowest BCUT2D eigenvalue weighted by molar-refractivity contribution is 0.0695. The molecule has 0 aliphatic heterocycles. The van der Waals surface area contributed by atoms with Crippen molar-refractivity contribution < 1.29 is 9.90 Å². The zero-order valence-corrected chi connectivity index (χ0v) is 10.8. The van der Waals surface area contributed by atoms with Gasteiger partial charge in [0.15, 0.2) is 0 Å². The SMILES string of the molecule is CCn1cc(C(=O)O)c(=O)c2ccc3cccnc3c21. The first kappa shape index (κ1) is 12.3. The molecule has 0 saturated heterocycles. The summed E-state index contributed by atoms with van der Waals surface area (Å²) in [5, 5.41) is 10.4. The molecule has 0 atom stereocenters. The van der Waals surface area contributed by atoms with Gasteiger partial charge in [-0.15, -0.1) is 0 Å². The highest BCUT2D eigenvalue weighted by Crippen LogP contribution is 2.22. The molecule has 3 rings (SSSR count). The summed E-state index contributed by atoms with van der Waals surface area (Å²) in [6, 6.07) is 7.20. The van der Waals surface area contributed by atoms with Crippen molar-refractivity contribution in [2.45, 2.75) is 13.5 Å². The van der Waals surface area contributed by atoms with Crippen LogP contribution in [0.25, 0.3) is 21.8 Å². The maximum atomic E-state index is 12.3. The number of aromatic carboxylic acids is 1. The summed E-state index contributed by atoms with van der Waals surface area (Å²) in [5.74, 6) is -1.21. The number of hydrogen-bond acceptors (Lipinski definition) is 3. The predicted octanol–water partition coefficient (Wildman–Crippen LogP) is 2.27. The van der Waals surface area contributed by atoms with Gasteiger partial charge < -0.3 is 9.67 Å². The Morgan fingerprint density at radius 1 is 1.35 bits per heavy atom. The minimum Gasteiger partial charge on any atom is -0.477 e. The summed E-state index contributed by atoms with van der Waals surface area (Å²) in [4.78, 5) is 27.8. The number of nitrogens with zero attached hydrogens (tertiary/aromatic N) is 2. The first-order chi connectivity index (χ1) is 9.63. The van der Waals surface area contributed by atoms with Gasteiger partial charge in [0.2, 0.25) is 5.43 Å². The number of hydrogen-bond donors (Lipinski definition) is 1. The van der Waals surface area contributed by atoms with Crippen LogP contribution in [-0.2, 0) is 6.54 Å². The summed E-state index contributed by atoms with van der Waals surface area (Å²) in [6.07, 6.45) is 3.05. The van der Waals surface area contributed by atoms with E-state index in [1.807, 2.05) is 19.1 Å². The molecule has 0 spiro atoms. The van der Waals surface area contributed by atoms with Crippen molar-refractivity contribution in [1.82, 2.24) is 9.55 Å². The molecule has 3 aromatic rings. The van der Waals surface area contributed by atoms with Gasteiger partial charge in [0.25, 0.3) is 0 Å². The zero-order chi connectivity index (χ0) is 14.3. The molecule has 2 aromatic heterocycles. The molecule has 0 radical (unpaired) electrons. The molecule has 1 N–H and O–H groups in total. The Balaban J connectivity index is 2.59. The molecule has 20 heavy (non-hydrogen) atoms. The van der Waals surface area contributed by atoms with Gasteiger partial charge in [0.05, 0.1) is 11.0 Å². The number of rotatable bonds is 2. The van der Waals surface area contributed by atoms with E-state index in [4.69, 9.17) is 5.11 Å². The number of pyridine rings is 2. The third kappa shape index (κ3) is 1.67. The minimum atomic E-state index is -1.21. The van der Waals surface area contributed by atoms with Crippen LogP contribution in [0.4, 0.5) is 0 Å². The molecule has 100 valence electrons. The number of benzene rings is 1. The van der Waals surface area contributed by atoms with E-state index in [1.165, 1.54) is 6.20 Å². The Bertz CT molecular complexity index is 897.